The minimum Gasteiger partial charge on any atom is -0.0845 e. The van der Waals surface area contributed by atoms with Crippen LogP contribution in [-0.2, 0) is 0 Å². The summed E-state index contributed by atoms with van der Waals surface area (Å²) in [5.41, 5.74) is 2.99. The van der Waals surface area contributed by atoms with E-state index in [9.17, 15) is 0 Å². The highest BCUT2D eigenvalue weighted by Gasteiger charge is 2.59. The average Bonchev–Trinajstić information content (AvgIpc) is 2.99. The second kappa shape index (κ2) is 8.05. The summed E-state index contributed by atoms with van der Waals surface area (Å²) in [7, 11) is 0. The maximum absolute atomic E-state index is 3.89. The molecule has 0 N–H and O–H groups in total. The van der Waals surface area contributed by atoms with Gasteiger partial charge in [-0.25, -0.2) is 0 Å². The summed E-state index contributed by atoms with van der Waals surface area (Å²) in [6.45, 7) is 12.7. The van der Waals surface area contributed by atoms with Crippen molar-refractivity contribution < 1.29 is 0 Å². The number of halogens is 1. The Morgan fingerprint density at radius 3 is 2.50 bits per heavy atom. The van der Waals surface area contributed by atoms with Crippen molar-refractivity contribution in [1.29, 1.82) is 0 Å². The molecule has 0 aromatic carbocycles. The van der Waals surface area contributed by atoms with E-state index >= 15 is 0 Å². The Balaban J connectivity index is 1.48. The zero-order valence-electron chi connectivity index (χ0n) is 19.3. The second-order valence-electron chi connectivity index (χ2n) is 12.1. The Morgan fingerprint density at radius 2 is 1.75 bits per heavy atom. The van der Waals surface area contributed by atoms with Gasteiger partial charge in [0.15, 0.2) is 0 Å². The van der Waals surface area contributed by atoms with E-state index in [1.165, 1.54) is 70.6 Å². The molecule has 0 saturated heterocycles. The third-order valence-corrected chi connectivity index (χ3v) is 11.0. The molecule has 0 nitrogen and oxygen atoms in total. The molecular formula is C27H45Br. The van der Waals surface area contributed by atoms with Gasteiger partial charge in [0.25, 0.3) is 0 Å². The van der Waals surface area contributed by atoms with Crippen molar-refractivity contribution in [2.24, 2.45) is 46.3 Å². The van der Waals surface area contributed by atoms with Crippen LogP contribution in [0.1, 0.15) is 105 Å². The van der Waals surface area contributed by atoms with Gasteiger partial charge in [-0.3, -0.25) is 0 Å². The summed E-state index contributed by atoms with van der Waals surface area (Å²) in [5, 5.41) is 0. The van der Waals surface area contributed by atoms with Crippen molar-refractivity contribution >= 4 is 15.9 Å². The van der Waals surface area contributed by atoms with Gasteiger partial charge in [0, 0.05) is 4.83 Å². The molecule has 0 radical (unpaired) electrons. The van der Waals surface area contributed by atoms with Crippen LogP contribution < -0.4 is 0 Å². The third-order valence-electron chi connectivity index (χ3n) is 10.3. The van der Waals surface area contributed by atoms with Crippen molar-refractivity contribution in [2.75, 3.05) is 0 Å². The van der Waals surface area contributed by atoms with Gasteiger partial charge in [0.05, 0.1) is 0 Å². The van der Waals surface area contributed by atoms with Crippen LogP contribution in [0.4, 0.5) is 0 Å². The number of allylic oxidation sites excluding steroid dienone is 2. The first-order valence-electron chi connectivity index (χ1n) is 12.6. The van der Waals surface area contributed by atoms with Crippen molar-refractivity contribution in [1.82, 2.24) is 0 Å². The zero-order valence-corrected chi connectivity index (χ0v) is 20.9. The SMILES string of the molecule is CC(C)CCC[C@@H](C)[C@H]1CC[C@H]2[C@@H]3CCC4=CC(Br)CC[C@]4(C)[C@H]3CC[C@]12C. The number of rotatable bonds is 5. The molecule has 0 aromatic heterocycles. The molecule has 0 spiro atoms. The smallest absolute Gasteiger partial charge is 0.0328 e. The van der Waals surface area contributed by atoms with E-state index in [4.69, 9.17) is 0 Å². The maximum Gasteiger partial charge on any atom is 0.0328 e. The zero-order chi connectivity index (χ0) is 20.1. The first-order chi connectivity index (χ1) is 13.3. The highest BCUT2D eigenvalue weighted by atomic mass is 79.9. The molecule has 3 saturated carbocycles. The second-order valence-corrected chi connectivity index (χ2v) is 13.3. The number of hydrogen-bond acceptors (Lipinski definition) is 0. The van der Waals surface area contributed by atoms with Gasteiger partial charge in [-0.15, -0.1) is 0 Å². The summed E-state index contributed by atoms with van der Waals surface area (Å²) in [6, 6.07) is 0. The Bertz CT molecular complexity index is 591. The van der Waals surface area contributed by atoms with Gasteiger partial charge in [-0.05, 0) is 97.7 Å². The first kappa shape index (κ1) is 21.5. The number of hydrogen-bond donors (Lipinski definition) is 0. The number of fused-ring (bicyclic) bond motifs is 5. The molecule has 4 rings (SSSR count). The van der Waals surface area contributed by atoms with E-state index < -0.39 is 0 Å². The standard InChI is InChI=1S/C27H45Br/c1-18(2)7-6-8-19(3)23-11-12-24-22-10-9-20-17-21(28)13-15-26(20,4)25(22)14-16-27(23,24)5/h17-19,21-25H,6-16H2,1-5H3/t19-,21?,22+,23-,24+,25+,26+,27-/m1/s1. The highest BCUT2D eigenvalue weighted by Crippen LogP contribution is 2.67. The molecule has 0 heterocycles. The Hall–Kier alpha value is 0.220. The van der Waals surface area contributed by atoms with Crippen LogP contribution in [0.2, 0.25) is 0 Å². The molecule has 3 fully saturated rings. The largest absolute Gasteiger partial charge is 0.0845 e. The summed E-state index contributed by atoms with van der Waals surface area (Å²) < 4.78 is 0. The highest BCUT2D eigenvalue weighted by molar-refractivity contribution is 9.09. The van der Waals surface area contributed by atoms with Crippen LogP contribution in [0.5, 0.6) is 0 Å². The van der Waals surface area contributed by atoms with Gasteiger partial charge < -0.3 is 0 Å². The van der Waals surface area contributed by atoms with Gasteiger partial charge in [0.2, 0.25) is 0 Å². The predicted octanol–water partition coefficient (Wildman–Crippen LogP) is 8.79. The maximum atomic E-state index is 3.89. The fourth-order valence-corrected chi connectivity index (χ4v) is 9.26. The average molecular weight is 450 g/mol. The van der Waals surface area contributed by atoms with Crippen LogP contribution in [0.3, 0.4) is 0 Å². The van der Waals surface area contributed by atoms with E-state index in [0.29, 0.717) is 15.7 Å². The van der Waals surface area contributed by atoms with Gasteiger partial charge in [0.1, 0.15) is 0 Å². The summed E-state index contributed by atoms with van der Waals surface area (Å²) >= 11 is 3.89. The van der Waals surface area contributed by atoms with Crippen LogP contribution in [0.15, 0.2) is 11.6 Å². The van der Waals surface area contributed by atoms with Crippen LogP contribution in [0, 0.1) is 46.3 Å². The normalized spacial score (nSPS) is 46.5. The molecule has 4 aliphatic rings. The Morgan fingerprint density at radius 1 is 0.964 bits per heavy atom. The van der Waals surface area contributed by atoms with Gasteiger partial charge in [-0.2, -0.15) is 0 Å². The molecule has 1 heteroatoms. The summed E-state index contributed by atoms with van der Waals surface area (Å²) in [4.78, 5) is 0.642. The van der Waals surface area contributed by atoms with Crippen LogP contribution in [0.25, 0.3) is 0 Å². The monoisotopic (exact) mass is 448 g/mol. The van der Waals surface area contributed by atoms with Crippen molar-refractivity contribution in [3.63, 3.8) is 0 Å². The third kappa shape index (κ3) is 3.58. The first-order valence-corrected chi connectivity index (χ1v) is 13.5. The van der Waals surface area contributed by atoms with Gasteiger partial charge >= 0.3 is 0 Å². The molecule has 28 heavy (non-hydrogen) atoms. The molecule has 4 aliphatic carbocycles. The summed E-state index contributed by atoms with van der Waals surface area (Å²) in [6.07, 6.45) is 18.7. The molecule has 160 valence electrons. The quantitative estimate of drug-likeness (QED) is 0.291. The van der Waals surface area contributed by atoms with E-state index in [-0.39, 0.29) is 0 Å². The fraction of sp³-hybridized carbons (Fsp3) is 0.926. The minimum atomic E-state index is 0.523. The molecule has 0 amide bonds. The lowest BCUT2D eigenvalue weighted by Gasteiger charge is -2.59. The molecule has 1 unspecified atom stereocenters. The van der Waals surface area contributed by atoms with Crippen LogP contribution in [-0.4, -0.2) is 4.83 Å². The summed E-state index contributed by atoms with van der Waals surface area (Å²) in [5.74, 6) is 5.80. The van der Waals surface area contributed by atoms with Crippen molar-refractivity contribution in [3.8, 4) is 0 Å². The molecular weight excluding hydrogens is 404 g/mol. The number of alkyl halides is 1. The lowest BCUT2D eigenvalue weighted by atomic mass is 9.46. The van der Waals surface area contributed by atoms with Crippen molar-refractivity contribution in [2.45, 2.75) is 110 Å². The van der Waals surface area contributed by atoms with Gasteiger partial charge in [-0.1, -0.05) is 81.5 Å². The predicted molar refractivity (Wildman–Crippen MR) is 126 cm³/mol. The van der Waals surface area contributed by atoms with E-state index in [0.717, 1.165) is 35.5 Å². The molecule has 0 aliphatic heterocycles. The lowest BCUT2D eigenvalue weighted by molar-refractivity contribution is -0.0590. The Kier molecular flexibility index (Phi) is 6.17. The Labute approximate surface area is 183 Å². The van der Waals surface area contributed by atoms with E-state index in [1.807, 2.05) is 5.57 Å². The fourth-order valence-electron chi connectivity index (χ4n) is 8.71. The van der Waals surface area contributed by atoms with E-state index in [2.05, 4.69) is 56.6 Å². The van der Waals surface area contributed by atoms with Crippen LogP contribution >= 0.6 is 15.9 Å². The lowest BCUT2D eigenvalue weighted by Crippen LogP contribution is -2.51. The molecule has 0 bridgehead atoms. The minimum absolute atomic E-state index is 0.523. The van der Waals surface area contributed by atoms with E-state index in [1.54, 1.807) is 0 Å². The molecule has 0 aromatic rings. The topological polar surface area (TPSA) is 0 Å². The van der Waals surface area contributed by atoms with Crippen molar-refractivity contribution in [3.05, 3.63) is 11.6 Å². The molecule has 8 atom stereocenters.